The molecule has 2 aromatic rings. The summed E-state index contributed by atoms with van der Waals surface area (Å²) in [5.41, 5.74) is 3.01. The highest BCUT2D eigenvalue weighted by Crippen LogP contribution is 2.50. The molecule has 1 fully saturated rings. The third-order valence-electron chi connectivity index (χ3n) is 5.27. The lowest BCUT2D eigenvalue weighted by molar-refractivity contribution is -0.659. The van der Waals surface area contributed by atoms with Crippen LogP contribution in [0.4, 0.5) is 5.82 Å². The molecule has 3 nitrogen and oxygen atoms in total. The second-order valence-corrected chi connectivity index (χ2v) is 6.27. The minimum absolute atomic E-state index is 0.398. The molecule has 0 N–H and O–H groups in total. The third-order valence-corrected chi connectivity index (χ3v) is 5.27. The van der Waals surface area contributed by atoms with Gasteiger partial charge in [-0.3, -0.25) is 4.90 Å². The molecule has 1 aliphatic carbocycles. The number of benzene rings is 1. The molecule has 3 heteroatoms. The maximum absolute atomic E-state index is 2.57. The van der Waals surface area contributed by atoms with Gasteiger partial charge >= 0.3 is 0 Å². The fourth-order valence-electron chi connectivity index (χ4n) is 4.08. The number of rotatable bonds is 1. The molecule has 0 spiro atoms. The molecule has 2 heterocycles. The number of fused-ring (bicyclic) bond motifs is 5. The van der Waals surface area contributed by atoms with Crippen molar-refractivity contribution in [1.29, 1.82) is 0 Å². The maximum Gasteiger partial charge on any atom is 0.278 e. The summed E-state index contributed by atoms with van der Waals surface area (Å²) in [6.45, 7) is 2.32. The Balaban J connectivity index is 1.87. The standard InChI is InChI=1S/C18H22N3/c1-13-20(3)16-12-17(15-9-5-4-8-14(15)16)21(13)18-10-6-7-11-19(18)2/h4-11,13,16-17H,12H2,1-3H3/q+1. The average Bonchev–Trinajstić information content (AvgIpc) is 2.84. The van der Waals surface area contributed by atoms with Gasteiger partial charge in [-0.05, 0) is 25.6 Å². The molecular weight excluding hydrogens is 258 g/mol. The van der Waals surface area contributed by atoms with E-state index in [9.17, 15) is 0 Å². The third kappa shape index (κ3) is 1.74. The zero-order chi connectivity index (χ0) is 14.6. The van der Waals surface area contributed by atoms with E-state index in [1.807, 2.05) is 0 Å². The van der Waals surface area contributed by atoms with Crippen LogP contribution in [-0.2, 0) is 7.05 Å². The van der Waals surface area contributed by atoms with Crippen molar-refractivity contribution in [2.75, 3.05) is 11.9 Å². The monoisotopic (exact) mass is 280 g/mol. The first-order valence-electron chi connectivity index (χ1n) is 7.72. The van der Waals surface area contributed by atoms with E-state index in [1.54, 1.807) is 0 Å². The summed E-state index contributed by atoms with van der Waals surface area (Å²) < 4.78 is 2.23. The molecule has 3 unspecified atom stereocenters. The van der Waals surface area contributed by atoms with Gasteiger partial charge in [-0.1, -0.05) is 30.3 Å². The number of pyridine rings is 1. The van der Waals surface area contributed by atoms with Gasteiger partial charge in [-0.25, -0.2) is 9.47 Å². The van der Waals surface area contributed by atoms with Crippen molar-refractivity contribution in [1.82, 2.24) is 4.90 Å². The summed E-state index contributed by atoms with van der Waals surface area (Å²) >= 11 is 0. The van der Waals surface area contributed by atoms with Crippen molar-refractivity contribution in [3.8, 4) is 0 Å². The summed E-state index contributed by atoms with van der Waals surface area (Å²) in [6, 6.07) is 16.5. The molecule has 0 amide bonds. The fraction of sp³-hybridized carbons (Fsp3) is 0.389. The summed E-state index contributed by atoms with van der Waals surface area (Å²) in [6.07, 6.45) is 3.72. The van der Waals surface area contributed by atoms with E-state index in [2.05, 4.69) is 84.0 Å². The zero-order valence-corrected chi connectivity index (χ0v) is 12.9. The number of hydrogen-bond donors (Lipinski definition) is 0. The van der Waals surface area contributed by atoms with Gasteiger partial charge in [-0.2, -0.15) is 0 Å². The van der Waals surface area contributed by atoms with Gasteiger partial charge in [0.25, 0.3) is 5.82 Å². The SMILES string of the molecule is CC1N(C)C2CC(c3ccccc32)N1c1cccc[n+]1C. The Morgan fingerprint density at radius 1 is 1.00 bits per heavy atom. The van der Waals surface area contributed by atoms with Crippen molar-refractivity contribution < 1.29 is 4.57 Å². The van der Waals surface area contributed by atoms with Crippen molar-refractivity contribution in [2.24, 2.45) is 7.05 Å². The number of aryl methyl sites for hydroxylation is 1. The highest BCUT2D eigenvalue weighted by atomic mass is 15.4. The first-order valence-corrected chi connectivity index (χ1v) is 7.72. The van der Waals surface area contributed by atoms with Gasteiger partial charge in [0.05, 0.1) is 13.2 Å². The molecule has 1 aliphatic heterocycles. The van der Waals surface area contributed by atoms with Crippen LogP contribution in [0.15, 0.2) is 48.7 Å². The number of anilines is 1. The van der Waals surface area contributed by atoms with E-state index in [4.69, 9.17) is 0 Å². The quantitative estimate of drug-likeness (QED) is 0.744. The van der Waals surface area contributed by atoms with Crippen molar-refractivity contribution >= 4 is 5.82 Å². The Morgan fingerprint density at radius 2 is 1.67 bits per heavy atom. The van der Waals surface area contributed by atoms with E-state index >= 15 is 0 Å². The van der Waals surface area contributed by atoms with Crippen LogP contribution in [0.25, 0.3) is 0 Å². The predicted molar refractivity (Wildman–Crippen MR) is 83.9 cm³/mol. The van der Waals surface area contributed by atoms with E-state index in [0.717, 1.165) is 0 Å². The van der Waals surface area contributed by atoms with Gasteiger partial charge in [0.15, 0.2) is 0 Å². The van der Waals surface area contributed by atoms with Gasteiger partial charge in [0.2, 0.25) is 0 Å². The van der Waals surface area contributed by atoms with Gasteiger partial charge in [-0.15, -0.1) is 0 Å². The van der Waals surface area contributed by atoms with Crippen molar-refractivity contribution in [2.45, 2.75) is 31.6 Å². The Kier molecular flexibility index (Phi) is 2.79. The first-order chi connectivity index (χ1) is 10.2. The number of hydrogen-bond acceptors (Lipinski definition) is 2. The molecular formula is C18H22N3+. The van der Waals surface area contributed by atoms with Crippen LogP contribution in [0.3, 0.4) is 0 Å². The van der Waals surface area contributed by atoms with Crippen LogP contribution in [0.1, 0.15) is 36.6 Å². The zero-order valence-electron chi connectivity index (χ0n) is 12.9. The highest BCUT2D eigenvalue weighted by Gasteiger charge is 2.49. The Hall–Kier alpha value is -1.87. The summed E-state index contributed by atoms with van der Waals surface area (Å²) in [5, 5.41) is 0. The molecule has 1 saturated heterocycles. The normalized spacial score (nSPS) is 27.8. The molecule has 0 saturated carbocycles. The predicted octanol–water partition coefficient (Wildman–Crippen LogP) is 2.80. The average molecular weight is 280 g/mol. The number of nitrogens with zero attached hydrogens (tertiary/aromatic N) is 3. The summed E-state index contributed by atoms with van der Waals surface area (Å²) in [7, 11) is 4.39. The topological polar surface area (TPSA) is 10.4 Å². The molecule has 2 aliphatic rings. The second-order valence-electron chi connectivity index (χ2n) is 6.27. The molecule has 3 atom stereocenters. The van der Waals surface area contributed by atoms with Crippen LogP contribution in [0, 0.1) is 0 Å². The Morgan fingerprint density at radius 3 is 2.38 bits per heavy atom. The highest BCUT2D eigenvalue weighted by molar-refractivity contribution is 5.48. The minimum Gasteiger partial charge on any atom is -0.261 e. The molecule has 2 bridgehead atoms. The van der Waals surface area contributed by atoms with Gasteiger partial charge < -0.3 is 0 Å². The summed E-state index contributed by atoms with van der Waals surface area (Å²) in [4.78, 5) is 5.08. The van der Waals surface area contributed by atoms with E-state index in [0.29, 0.717) is 18.2 Å². The lowest BCUT2D eigenvalue weighted by Gasteiger charge is -2.41. The molecule has 4 rings (SSSR count). The van der Waals surface area contributed by atoms with Crippen LogP contribution in [0.5, 0.6) is 0 Å². The summed E-state index contributed by atoms with van der Waals surface area (Å²) in [5.74, 6) is 1.29. The van der Waals surface area contributed by atoms with Crippen LogP contribution < -0.4 is 9.47 Å². The second kappa shape index (κ2) is 4.57. The molecule has 0 radical (unpaired) electrons. The lowest BCUT2D eigenvalue weighted by Crippen LogP contribution is -2.54. The molecule has 1 aromatic carbocycles. The van der Waals surface area contributed by atoms with Crippen LogP contribution in [0.2, 0.25) is 0 Å². The first kappa shape index (κ1) is 12.8. The lowest BCUT2D eigenvalue weighted by atomic mass is 10.1. The van der Waals surface area contributed by atoms with E-state index in [-0.39, 0.29) is 0 Å². The molecule has 108 valence electrons. The molecule has 1 aromatic heterocycles. The number of aromatic nitrogens is 1. The van der Waals surface area contributed by atoms with Gasteiger partial charge in [0.1, 0.15) is 12.2 Å². The van der Waals surface area contributed by atoms with Gasteiger partial charge in [0, 0.05) is 24.1 Å². The van der Waals surface area contributed by atoms with Crippen LogP contribution in [-0.4, -0.2) is 18.1 Å². The Labute approximate surface area is 126 Å². The Bertz CT molecular complexity index is 682. The van der Waals surface area contributed by atoms with Crippen molar-refractivity contribution in [3.05, 3.63) is 59.8 Å². The maximum atomic E-state index is 2.57. The fourth-order valence-corrected chi connectivity index (χ4v) is 4.08. The van der Waals surface area contributed by atoms with E-state index < -0.39 is 0 Å². The molecule has 21 heavy (non-hydrogen) atoms. The largest absolute Gasteiger partial charge is 0.278 e. The minimum atomic E-state index is 0.398. The van der Waals surface area contributed by atoms with Crippen LogP contribution >= 0.6 is 0 Å². The van der Waals surface area contributed by atoms with Crippen molar-refractivity contribution in [3.63, 3.8) is 0 Å². The smallest absolute Gasteiger partial charge is 0.261 e. The van der Waals surface area contributed by atoms with E-state index in [1.165, 1.54) is 23.4 Å².